The van der Waals surface area contributed by atoms with E-state index in [1.54, 1.807) is 0 Å². The monoisotopic (exact) mass is 178 g/mol. The van der Waals surface area contributed by atoms with Crippen LogP contribution < -0.4 is 0 Å². The number of hydrogen-bond donors (Lipinski definition) is 0. The molecule has 1 aliphatic carbocycles. The van der Waals surface area contributed by atoms with E-state index in [1.165, 1.54) is 17.8 Å². The highest BCUT2D eigenvalue weighted by Crippen LogP contribution is 2.55. The van der Waals surface area contributed by atoms with Crippen molar-refractivity contribution in [2.24, 2.45) is 10.8 Å². The smallest absolute Gasteiger partial charge is 0.109 e. The summed E-state index contributed by atoms with van der Waals surface area (Å²) in [7, 11) is 0. The van der Waals surface area contributed by atoms with E-state index >= 15 is 0 Å². The predicted molar refractivity (Wildman–Crippen MR) is 54.0 cm³/mol. The van der Waals surface area contributed by atoms with Gasteiger partial charge in [0.2, 0.25) is 0 Å². The molecule has 1 heteroatoms. The summed E-state index contributed by atoms with van der Waals surface area (Å²) < 4.78 is 5.65. The molecule has 1 nitrogen and oxygen atoms in total. The molecule has 13 heavy (non-hydrogen) atoms. The van der Waals surface area contributed by atoms with E-state index in [1.807, 2.05) is 6.26 Å². The van der Waals surface area contributed by atoms with Gasteiger partial charge in [0.05, 0.1) is 6.26 Å². The minimum absolute atomic E-state index is 0.226. The fraction of sp³-hybridized carbons (Fsp3) is 0.667. The molecule has 0 radical (unpaired) electrons. The molecule has 0 amide bonds. The molecule has 0 unspecified atom stereocenters. The normalized spacial score (nSPS) is 28.6. The Morgan fingerprint density at radius 1 is 1.15 bits per heavy atom. The molecule has 0 aromatic carbocycles. The van der Waals surface area contributed by atoms with Gasteiger partial charge in [0.15, 0.2) is 0 Å². The molecule has 0 fully saturated rings. The summed E-state index contributed by atoms with van der Waals surface area (Å²) in [5.74, 6) is 1.22. The second-order valence-electron chi connectivity index (χ2n) is 5.45. The quantitative estimate of drug-likeness (QED) is 0.550. The molecule has 0 N–H and O–H groups in total. The van der Waals surface area contributed by atoms with Crippen LogP contribution in [-0.4, -0.2) is 0 Å². The average Bonchev–Trinajstić information content (AvgIpc) is 2.20. The third-order valence-electron chi connectivity index (χ3n) is 3.19. The molecule has 2 rings (SSSR count). The van der Waals surface area contributed by atoms with Crippen LogP contribution in [0.5, 0.6) is 0 Å². The van der Waals surface area contributed by atoms with Gasteiger partial charge in [-0.15, -0.1) is 0 Å². The van der Waals surface area contributed by atoms with E-state index in [2.05, 4.69) is 33.8 Å². The predicted octanol–water partition coefficient (Wildman–Crippen LogP) is 3.63. The lowest BCUT2D eigenvalue weighted by Gasteiger charge is -2.24. The van der Waals surface area contributed by atoms with Crippen LogP contribution in [0.25, 0.3) is 0 Å². The van der Waals surface area contributed by atoms with Crippen molar-refractivity contribution >= 4 is 0 Å². The second-order valence-corrected chi connectivity index (χ2v) is 5.45. The molecule has 0 aromatic rings. The van der Waals surface area contributed by atoms with Crippen LogP contribution in [-0.2, 0) is 4.74 Å². The lowest BCUT2D eigenvalue weighted by molar-refractivity contribution is 0.220. The van der Waals surface area contributed by atoms with Crippen molar-refractivity contribution in [2.75, 3.05) is 0 Å². The first-order valence-corrected chi connectivity index (χ1v) is 4.99. The highest BCUT2D eigenvalue weighted by atomic mass is 16.5. The Morgan fingerprint density at radius 3 is 2.46 bits per heavy atom. The number of hydrogen-bond acceptors (Lipinski definition) is 1. The first-order valence-electron chi connectivity index (χ1n) is 4.99. The summed E-state index contributed by atoms with van der Waals surface area (Å²) in [6.07, 6.45) is 6.22. The van der Waals surface area contributed by atoms with Gasteiger partial charge in [-0.25, -0.2) is 0 Å². The summed E-state index contributed by atoms with van der Waals surface area (Å²) in [6.45, 7) is 9.19. The number of rotatable bonds is 0. The summed E-state index contributed by atoms with van der Waals surface area (Å²) in [5.41, 5.74) is 2.05. The van der Waals surface area contributed by atoms with Gasteiger partial charge in [0.1, 0.15) is 5.76 Å². The van der Waals surface area contributed by atoms with Crippen LogP contribution in [0.15, 0.2) is 23.7 Å². The summed E-state index contributed by atoms with van der Waals surface area (Å²) >= 11 is 0. The van der Waals surface area contributed by atoms with Crippen molar-refractivity contribution in [3.05, 3.63) is 23.7 Å². The maximum Gasteiger partial charge on any atom is 0.109 e. The van der Waals surface area contributed by atoms with Gasteiger partial charge in [-0.1, -0.05) is 27.7 Å². The zero-order valence-electron chi connectivity index (χ0n) is 8.98. The fourth-order valence-electron chi connectivity index (χ4n) is 2.89. The third-order valence-corrected chi connectivity index (χ3v) is 3.19. The standard InChI is InChI=1S/C12H18O/c1-11(2)8-12(3,4)10-9(11)6-5-7-13-10/h5,7H,6,8H2,1-4H3. The third kappa shape index (κ3) is 1.21. The highest BCUT2D eigenvalue weighted by Gasteiger charge is 2.45. The zero-order chi connectivity index (χ0) is 9.69. The Kier molecular flexibility index (Phi) is 1.64. The Morgan fingerprint density at radius 2 is 1.85 bits per heavy atom. The maximum atomic E-state index is 5.65. The SMILES string of the molecule is CC1(C)CC(C)(C)C2=C1CC=CO2. The molecule has 0 saturated carbocycles. The van der Waals surface area contributed by atoms with Gasteiger partial charge in [-0.05, 0) is 29.9 Å². The van der Waals surface area contributed by atoms with Gasteiger partial charge in [0, 0.05) is 5.41 Å². The van der Waals surface area contributed by atoms with Crippen LogP contribution in [0.1, 0.15) is 40.5 Å². The van der Waals surface area contributed by atoms with E-state index in [-0.39, 0.29) is 5.41 Å². The lowest BCUT2D eigenvalue weighted by Crippen LogP contribution is -2.15. The number of ether oxygens (including phenoxy) is 1. The summed E-state index contributed by atoms with van der Waals surface area (Å²) in [6, 6.07) is 0. The van der Waals surface area contributed by atoms with Gasteiger partial charge in [-0.2, -0.15) is 0 Å². The molecule has 72 valence electrons. The van der Waals surface area contributed by atoms with Crippen molar-refractivity contribution in [1.82, 2.24) is 0 Å². The molecule has 0 saturated heterocycles. The lowest BCUT2D eigenvalue weighted by atomic mass is 9.80. The first kappa shape index (κ1) is 8.86. The van der Waals surface area contributed by atoms with Crippen LogP contribution in [0.4, 0.5) is 0 Å². The van der Waals surface area contributed by atoms with Crippen molar-refractivity contribution in [3.63, 3.8) is 0 Å². The minimum atomic E-state index is 0.226. The van der Waals surface area contributed by atoms with E-state index < -0.39 is 0 Å². The van der Waals surface area contributed by atoms with Gasteiger partial charge >= 0.3 is 0 Å². The maximum absolute atomic E-state index is 5.65. The number of allylic oxidation sites excluding steroid dienone is 3. The molecule has 2 aliphatic rings. The van der Waals surface area contributed by atoms with E-state index in [0.29, 0.717) is 5.41 Å². The Hall–Kier alpha value is -0.720. The molecule has 0 atom stereocenters. The average molecular weight is 178 g/mol. The topological polar surface area (TPSA) is 9.23 Å². The van der Waals surface area contributed by atoms with E-state index in [4.69, 9.17) is 4.74 Å². The summed E-state index contributed by atoms with van der Waals surface area (Å²) in [4.78, 5) is 0. The Bertz CT molecular complexity index is 264. The van der Waals surface area contributed by atoms with E-state index in [0.717, 1.165) is 6.42 Å². The van der Waals surface area contributed by atoms with Crippen LogP contribution in [0.2, 0.25) is 0 Å². The Labute approximate surface area is 80.5 Å². The van der Waals surface area contributed by atoms with Crippen molar-refractivity contribution in [2.45, 2.75) is 40.5 Å². The van der Waals surface area contributed by atoms with Crippen molar-refractivity contribution < 1.29 is 4.74 Å². The molecule has 0 bridgehead atoms. The van der Waals surface area contributed by atoms with Crippen LogP contribution in [0.3, 0.4) is 0 Å². The van der Waals surface area contributed by atoms with E-state index in [9.17, 15) is 0 Å². The van der Waals surface area contributed by atoms with Gasteiger partial charge < -0.3 is 4.74 Å². The first-order chi connectivity index (χ1) is 5.93. The molecular weight excluding hydrogens is 160 g/mol. The minimum Gasteiger partial charge on any atom is -0.469 e. The highest BCUT2D eigenvalue weighted by molar-refractivity contribution is 5.32. The largest absolute Gasteiger partial charge is 0.469 e. The Balaban J connectivity index is 2.44. The van der Waals surface area contributed by atoms with Gasteiger partial charge in [-0.3, -0.25) is 0 Å². The molecule has 1 heterocycles. The zero-order valence-corrected chi connectivity index (χ0v) is 8.98. The molecular formula is C12H18O. The molecule has 0 spiro atoms. The van der Waals surface area contributed by atoms with Crippen LogP contribution >= 0.6 is 0 Å². The molecule has 0 aromatic heterocycles. The van der Waals surface area contributed by atoms with Gasteiger partial charge in [0.25, 0.3) is 0 Å². The molecule has 1 aliphatic heterocycles. The van der Waals surface area contributed by atoms with Crippen LogP contribution in [0, 0.1) is 10.8 Å². The summed E-state index contributed by atoms with van der Waals surface area (Å²) in [5, 5.41) is 0. The fourth-order valence-corrected chi connectivity index (χ4v) is 2.89. The second kappa shape index (κ2) is 2.40. The van der Waals surface area contributed by atoms with Crippen molar-refractivity contribution in [1.29, 1.82) is 0 Å². The van der Waals surface area contributed by atoms with Crippen molar-refractivity contribution in [3.8, 4) is 0 Å².